The molecule has 0 aromatic heterocycles. The highest BCUT2D eigenvalue weighted by Crippen LogP contribution is 2.37. The topological polar surface area (TPSA) is 46.2 Å². The zero-order valence-corrected chi connectivity index (χ0v) is 8.28. The predicted molar refractivity (Wildman–Crippen MR) is 53.3 cm³/mol. The normalized spacial score (nSPS) is 30.0. The van der Waals surface area contributed by atoms with Crippen molar-refractivity contribution in [1.29, 1.82) is 0 Å². The minimum Gasteiger partial charge on any atom is -0.391 e. The first kappa shape index (κ1) is 9.47. The Morgan fingerprint density at radius 3 is 2.08 bits per heavy atom. The summed E-state index contributed by atoms with van der Waals surface area (Å²) in [5.41, 5.74) is 6.08. The largest absolute Gasteiger partial charge is 0.391 e. The van der Waals surface area contributed by atoms with Crippen molar-refractivity contribution >= 4 is 0 Å². The van der Waals surface area contributed by atoms with Crippen molar-refractivity contribution in [3.05, 3.63) is 0 Å². The van der Waals surface area contributed by atoms with Gasteiger partial charge in [-0.15, -0.1) is 0 Å². The van der Waals surface area contributed by atoms with E-state index in [9.17, 15) is 5.11 Å². The van der Waals surface area contributed by atoms with Crippen LogP contribution in [0, 0.1) is 11.8 Å². The van der Waals surface area contributed by atoms with Crippen LogP contribution in [0.25, 0.3) is 0 Å². The van der Waals surface area contributed by atoms with Crippen molar-refractivity contribution < 1.29 is 5.11 Å². The Morgan fingerprint density at radius 1 is 0.923 bits per heavy atom. The van der Waals surface area contributed by atoms with Crippen molar-refractivity contribution in [2.45, 2.75) is 57.1 Å². The molecular weight excluding hydrogens is 162 g/mol. The van der Waals surface area contributed by atoms with Gasteiger partial charge in [0.2, 0.25) is 0 Å². The van der Waals surface area contributed by atoms with Gasteiger partial charge < -0.3 is 10.8 Å². The molecule has 0 heterocycles. The molecule has 2 heteroatoms. The van der Waals surface area contributed by atoms with Crippen LogP contribution < -0.4 is 5.73 Å². The summed E-state index contributed by atoms with van der Waals surface area (Å²) in [6, 6.07) is 0.0628. The molecule has 2 atom stereocenters. The average molecular weight is 183 g/mol. The molecule has 3 N–H and O–H groups in total. The first-order chi connectivity index (χ1) is 6.29. The highest BCUT2D eigenvalue weighted by molar-refractivity contribution is 4.91. The summed E-state index contributed by atoms with van der Waals surface area (Å²) < 4.78 is 0. The highest BCUT2D eigenvalue weighted by Gasteiger charge is 2.36. The molecule has 0 bridgehead atoms. The number of hydrogen-bond acceptors (Lipinski definition) is 2. The molecule has 13 heavy (non-hydrogen) atoms. The van der Waals surface area contributed by atoms with Crippen molar-refractivity contribution in [3.8, 4) is 0 Å². The summed E-state index contributed by atoms with van der Waals surface area (Å²) in [7, 11) is 0. The highest BCUT2D eigenvalue weighted by atomic mass is 16.3. The molecule has 2 rings (SSSR count). The van der Waals surface area contributed by atoms with Crippen LogP contribution in [0.1, 0.15) is 44.9 Å². The smallest absolute Gasteiger partial charge is 0.0721 e. The summed E-state index contributed by atoms with van der Waals surface area (Å²) in [6.45, 7) is 0. The lowest BCUT2D eigenvalue weighted by Crippen LogP contribution is -2.43. The Kier molecular flexibility index (Phi) is 2.89. The third-order valence-corrected chi connectivity index (χ3v) is 3.69. The minimum absolute atomic E-state index is 0.0628. The molecule has 2 unspecified atom stereocenters. The molecule has 2 aliphatic carbocycles. The number of aliphatic hydroxyl groups is 1. The van der Waals surface area contributed by atoms with Gasteiger partial charge in [-0.25, -0.2) is 0 Å². The third-order valence-electron chi connectivity index (χ3n) is 3.69. The second-order valence-electron chi connectivity index (χ2n) is 4.80. The van der Waals surface area contributed by atoms with Crippen LogP contribution in [0.3, 0.4) is 0 Å². The maximum Gasteiger partial charge on any atom is 0.0721 e. The van der Waals surface area contributed by atoms with E-state index in [0.29, 0.717) is 11.8 Å². The SMILES string of the molecule is NC(C1CCCCC1)C(O)C1CC1. The van der Waals surface area contributed by atoms with Gasteiger partial charge in [-0.05, 0) is 37.5 Å². The van der Waals surface area contributed by atoms with E-state index < -0.39 is 0 Å². The van der Waals surface area contributed by atoms with Crippen molar-refractivity contribution in [3.63, 3.8) is 0 Å². The minimum atomic E-state index is -0.205. The molecule has 0 aromatic rings. The molecule has 0 saturated heterocycles. The maximum atomic E-state index is 9.88. The second-order valence-corrected chi connectivity index (χ2v) is 4.80. The molecular formula is C11H21NO. The fourth-order valence-electron chi connectivity index (χ4n) is 2.55. The van der Waals surface area contributed by atoms with Crippen LogP contribution in [-0.2, 0) is 0 Å². The van der Waals surface area contributed by atoms with Crippen molar-refractivity contribution in [2.24, 2.45) is 17.6 Å². The van der Waals surface area contributed by atoms with Gasteiger partial charge in [0.05, 0.1) is 6.10 Å². The van der Waals surface area contributed by atoms with E-state index >= 15 is 0 Å². The Morgan fingerprint density at radius 2 is 1.54 bits per heavy atom. The lowest BCUT2D eigenvalue weighted by molar-refractivity contribution is 0.0854. The number of rotatable bonds is 3. The zero-order chi connectivity index (χ0) is 9.26. The summed E-state index contributed by atoms with van der Waals surface area (Å²) in [5.74, 6) is 1.14. The zero-order valence-electron chi connectivity index (χ0n) is 8.28. The van der Waals surface area contributed by atoms with Crippen LogP contribution in [0.15, 0.2) is 0 Å². The second kappa shape index (κ2) is 3.97. The fraction of sp³-hybridized carbons (Fsp3) is 1.00. The van der Waals surface area contributed by atoms with E-state index in [0.717, 1.165) is 0 Å². The van der Waals surface area contributed by atoms with Crippen LogP contribution in [-0.4, -0.2) is 17.3 Å². The standard InChI is InChI=1S/C11H21NO/c12-10(11(13)9-6-7-9)8-4-2-1-3-5-8/h8-11,13H,1-7,12H2. The lowest BCUT2D eigenvalue weighted by atomic mass is 9.81. The van der Waals surface area contributed by atoms with Gasteiger partial charge in [0.25, 0.3) is 0 Å². The summed E-state index contributed by atoms with van der Waals surface area (Å²) in [5, 5.41) is 9.88. The van der Waals surface area contributed by atoms with Crippen molar-refractivity contribution in [2.75, 3.05) is 0 Å². The Balaban J connectivity index is 1.82. The van der Waals surface area contributed by atoms with Gasteiger partial charge in [0.15, 0.2) is 0 Å². The first-order valence-electron chi connectivity index (χ1n) is 5.72. The molecule has 2 nitrogen and oxygen atoms in total. The van der Waals surface area contributed by atoms with Crippen LogP contribution in [0.5, 0.6) is 0 Å². The maximum absolute atomic E-state index is 9.88. The van der Waals surface area contributed by atoms with E-state index in [2.05, 4.69) is 0 Å². The van der Waals surface area contributed by atoms with E-state index in [1.165, 1.54) is 44.9 Å². The number of nitrogens with two attached hydrogens (primary N) is 1. The third kappa shape index (κ3) is 2.23. The number of hydrogen-bond donors (Lipinski definition) is 2. The van der Waals surface area contributed by atoms with Crippen LogP contribution in [0.4, 0.5) is 0 Å². The summed E-state index contributed by atoms with van der Waals surface area (Å²) in [6.07, 6.45) is 8.66. The first-order valence-corrected chi connectivity index (χ1v) is 5.72. The van der Waals surface area contributed by atoms with Gasteiger partial charge in [-0.3, -0.25) is 0 Å². The lowest BCUT2D eigenvalue weighted by Gasteiger charge is -2.30. The van der Waals surface area contributed by atoms with Crippen molar-refractivity contribution in [1.82, 2.24) is 0 Å². The van der Waals surface area contributed by atoms with Crippen LogP contribution >= 0.6 is 0 Å². The summed E-state index contributed by atoms with van der Waals surface area (Å²) >= 11 is 0. The van der Waals surface area contributed by atoms with Gasteiger partial charge in [0.1, 0.15) is 0 Å². The molecule has 2 aliphatic rings. The monoisotopic (exact) mass is 183 g/mol. The Labute approximate surface area is 80.5 Å². The van der Waals surface area contributed by atoms with Gasteiger partial charge in [-0.1, -0.05) is 19.3 Å². The van der Waals surface area contributed by atoms with E-state index in [-0.39, 0.29) is 12.1 Å². The van der Waals surface area contributed by atoms with E-state index in [1.54, 1.807) is 0 Å². The Bertz CT molecular complexity index is 161. The molecule has 0 radical (unpaired) electrons. The van der Waals surface area contributed by atoms with E-state index in [1.807, 2.05) is 0 Å². The van der Waals surface area contributed by atoms with E-state index in [4.69, 9.17) is 5.73 Å². The molecule has 0 amide bonds. The number of aliphatic hydroxyl groups excluding tert-OH is 1. The van der Waals surface area contributed by atoms with Gasteiger partial charge >= 0.3 is 0 Å². The average Bonchev–Trinajstić information content (AvgIpc) is 3.00. The molecule has 2 fully saturated rings. The molecule has 0 aromatic carbocycles. The Hall–Kier alpha value is -0.0800. The molecule has 0 spiro atoms. The van der Waals surface area contributed by atoms with Gasteiger partial charge in [-0.2, -0.15) is 0 Å². The molecule has 0 aliphatic heterocycles. The summed E-state index contributed by atoms with van der Waals surface area (Å²) in [4.78, 5) is 0. The van der Waals surface area contributed by atoms with Crippen LogP contribution in [0.2, 0.25) is 0 Å². The fourth-order valence-corrected chi connectivity index (χ4v) is 2.55. The predicted octanol–water partition coefficient (Wildman–Crippen LogP) is 1.66. The van der Waals surface area contributed by atoms with Gasteiger partial charge in [0, 0.05) is 6.04 Å². The molecule has 2 saturated carbocycles. The quantitative estimate of drug-likeness (QED) is 0.699. The molecule has 76 valence electrons.